The molecule has 0 unspecified atom stereocenters. The number of H-pyrrole nitrogens is 2. The van der Waals surface area contributed by atoms with E-state index in [0.29, 0.717) is 11.1 Å². The Balaban J connectivity index is 1.89. The number of nitriles is 1. The molecule has 0 aliphatic heterocycles. The Bertz CT molecular complexity index is 1280. The SMILES string of the molecule is CN(C)CCSc1ccc(C=c2[nH]c(=O)c(=Cc3cccc(C#N)c3)[nH]c2=O)s1. The highest BCUT2D eigenvalue weighted by molar-refractivity contribution is 8.01. The van der Waals surface area contributed by atoms with Crippen molar-refractivity contribution in [1.29, 1.82) is 5.26 Å². The molecule has 3 rings (SSSR count). The zero-order chi connectivity index (χ0) is 20.8. The number of nitrogens with one attached hydrogen (secondary N) is 2. The Hall–Kier alpha value is -2.86. The first kappa shape index (κ1) is 20.9. The zero-order valence-electron chi connectivity index (χ0n) is 16.1. The van der Waals surface area contributed by atoms with Crippen LogP contribution in [0.3, 0.4) is 0 Å². The van der Waals surface area contributed by atoms with Crippen LogP contribution in [0, 0.1) is 11.3 Å². The fourth-order valence-electron chi connectivity index (χ4n) is 2.52. The summed E-state index contributed by atoms with van der Waals surface area (Å²) < 4.78 is 1.17. The molecule has 0 spiro atoms. The van der Waals surface area contributed by atoms with Crippen molar-refractivity contribution in [2.45, 2.75) is 4.21 Å². The lowest BCUT2D eigenvalue weighted by molar-refractivity contribution is 0.437. The third kappa shape index (κ3) is 5.81. The van der Waals surface area contributed by atoms with Crippen LogP contribution in [-0.4, -0.2) is 41.3 Å². The molecule has 1 aromatic carbocycles. The number of hydrogen-bond acceptors (Lipinski definition) is 6. The predicted octanol–water partition coefficient (Wildman–Crippen LogP) is 1.31. The Labute approximate surface area is 175 Å². The molecule has 6 nitrogen and oxygen atoms in total. The quantitative estimate of drug-likeness (QED) is 0.582. The van der Waals surface area contributed by atoms with Crippen molar-refractivity contribution in [1.82, 2.24) is 14.9 Å². The van der Waals surface area contributed by atoms with Crippen molar-refractivity contribution in [3.8, 4) is 6.07 Å². The minimum absolute atomic E-state index is 0.147. The number of aromatic amines is 2. The second-order valence-electron chi connectivity index (χ2n) is 6.57. The van der Waals surface area contributed by atoms with Gasteiger partial charge in [0.15, 0.2) is 0 Å². The number of rotatable bonds is 6. The summed E-state index contributed by atoms with van der Waals surface area (Å²) in [5.41, 5.74) is 0.386. The third-order valence-corrected chi connectivity index (χ3v) is 6.22. The average Bonchev–Trinajstić information content (AvgIpc) is 3.13. The summed E-state index contributed by atoms with van der Waals surface area (Å²) in [5.74, 6) is 0.988. The number of thioether (sulfide) groups is 1. The van der Waals surface area contributed by atoms with Crippen LogP contribution in [0.15, 0.2) is 50.2 Å². The van der Waals surface area contributed by atoms with Gasteiger partial charge in [0.1, 0.15) is 10.7 Å². The number of nitrogens with zero attached hydrogens (tertiary/aromatic N) is 2. The van der Waals surface area contributed by atoms with Gasteiger partial charge in [0.2, 0.25) is 0 Å². The van der Waals surface area contributed by atoms with E-state index in [0.717, 1.165) is 17.2 Å². The van der Waals surface area contributed by atoms with Gasteiger partial charge in [-0.05, 0) is 56.1 Å². The van der Waals surface area contributed by atoms with Crippen LogP contribution in [0.2, 0.25) is 0 Å². The fourth-order valence-corrected chi connectivity index (χ4v) is 4.80. The molecule has 2 aromatic heterocycles. The van der Waals surface area contributed by atoms with Crippen molar-refractivity contribution in [3.05, 3.63) is 83.8 Å². The molecule has 2 heterocycles. The van der Waals surface area contributed by atoms with Crippen LogP contribution in [0.1, 0.15) is 16.0 Å². The largest absolute Gasteiger partial charge is 0.316 e. The van der Waals surface area contributed by atoms with E-state index in [1.54, 1.807) is 59.5 Å². The lowest BCUT2D eigenvalue weighted by atomic mass is 10.1. The van der Waals surface area contributed by atoms with Gasteiger partial charge in [-0.1, -0.05) is 12.1 Å². The van der Waals surface area contributed by atoms with Gasteiger partial charge < -0.3 is 14.9 Å². The summed E-state index contributed by atoms with van der Waals surface area (Å²) in [6.45, 7) is 0.990. The van der Waals surface area contributed by atoms with Gasteiger partial charge in [-0.15, -0.1) is 23.1 Å². The smallest absolute Gasteiger partial charge is 0.272 e. The van der Waals surface area contributed by atoms with Crippen molar-refractivity contribution >= 4 is 35.3 Å². The number of benzene rings is 1. The van der Waals surface area contributed by atoms with E-state index >= 15 is 0 Å². The van der Waals surface area contributed by atoms with E-state index in [2.05, 4.69) is 14.9 Å². The average molecular weight is 425 g/mol. The summed E-state index contributed by atoms with van der Waals surface area (Å²) in [5, 5.41) is 9.34. The lowest BCUT2D eigenvalue weighted by Gasteiger charge is -2.07. The van der Waals surface area contributed by atoms with Crippen LogP contribution in [0.25, 0.3) is 12.2 Å². The zero-order valence-corrected chi connectivity index (χ0v) is 17.7. The van der Waals surface area contributed by atoms with Crippen LogP contribution >= 0.6 is 23.1 Å². The molecule has 0 bridgehead atoms. The number of thiophene rings is 1. The summed E-state index contributed by atoms with van der Waals surface area (Å²) in [7, 11) is 4.08. The first-order valence-electron chi connectivity index (χ1n) is 8.88. The van der Waals surface area contributed by atoms with E-state index in [4.69, 9.17) is 5.26 Å². The Morgan fingerprint density at radius 1 is 1.10 bits per heavy atom. The molecule has 148 valence electrons. The predicted molar refractivity (Wildman–Crippen MR) is 119 cm³/mol. The van der Waals surface area contributed by atoms with Gasteiger partial charge in [0.25, 0.3) is 11.1 Å². The third-order valence-electron chi connectivity index (χ3n) is 3.98. The van der Waals surface area contributed by atoms with Crippen LogP contribution < -0.4 is 21.8 Å². The van der Waals surface area contributed by atoms with Crippen molar-refractivity contribution in [2.24, 2.45) is 0 Å². The van der Waals surface area contributed by atoms with Gasteiger partial charge in [0, 0.05) is 17.2 Å². The second-order valence-corrected chi connectivity index (χ2v) is 9.08. The van der Waals surface area contributed by atoms with Gasteiger partial charge in [-0.25, -0.2) is 0 Å². The normalized spacial score (nSPS) is 12.5. The minimum Gasteiger partial charge on any atom is -0.316 e. The van der Waals surface area contributed by atoms with Crippen molar-refractivity contribution < 1.29 is 0 Å². The Morgan fingerprint density at radius 3 is 2.52 bits per heavy atom. The van der Waals surface area contributed by atoms with Crippen LogP contribution in [0.5, 0.6) is 0 Å². The molecule has 0 saturated heterocycles. The Morgan fingerprint density at radius 2 is 1.83 bits per heavy atom. The summed E-state index contributed by atoms with van der Waals surface area (Å²) in [4.78, 5) is 33.1. The number of aromatic nitrogens is 2. The maximum atomic E-state index is 12.4. The fraction of sp³-hybridized carbons (Fsp3) is 0.190. The molecule has 0 fully saturated rings. The van der Waals surface area contributed by atoms with E-state index < -0.39 is 5.56 Å². The van der Waals surface area contributed by atoms with Crippen molar-refractivity contribution in [3.63, 3.8) is 0 Å². The van der Waals surface area contributed by atoms with E-state index in [-0.39, 0.29) is 16.3 Å². The highest BCUT2D eigenvalue weighted by atomic mass is 32.2. The molecule has 0 aliphatic carbocycles. The van der Waals surface area contributed by atoms with Gasteiger partial charge in [-0.2, -0.15) is 5.26 Å². The van der Waals surface area contributed by atoms with Crippen molar-refractivity contribution in [2.75, 3.05) is 26.4 Å². The summed E-state index contributed by atoms with van der Waals surface area (Å²) in [6, 6.07) is 12.8. The molecule has 29 heavy (non-hydrogen) atoms. The monoisotopic (exact) mass is 424 g/mol. The van der Waals surface area contributed by atoms with E-state index in [1.165, 1.54) is 4.21 Å². The molecular weight excluding hydrogens is 404 g/mol. The first-order chi connectivity index (χ1) is 13.9. The second kappa shape index (κ2) is 9.56. The molecule has 0 atom stereocenters. The molecule has 0 amide bonds. The molecule has 0 saturated carbocycles. The topological polar surface area (TPSA) is 92.8 Å². The summed E-state index contributed by atoms with van der Waals surface area (Å²) in [6.07, 6.45) is 3.23. The van der Waals surface area contributed by atoms with Crippen LogP contribution in [0.4, 0.5) is 0 Å². The molecule has 2 N–H and O–H groups in total. The molecule has 0 aliphatic rings. The summed E-state index contributed by atoms with van der Waals surface area (Å²) >= 11 is 3.35. The Kier molecular flexibility index (Phi) is 6.88. The number of hydrogen-bond donors (Lipinski definition) is 2. The lowest BCUT2D eigenvalue weighted by Crippen LogP contribution is -2.46. The van der Waals surface area contributed by atoms with Gasteiger partial charge >= 0.3 is 0 Å². The molecular formula is C21H20N4O2S2. The first-order valence-corrected chi connectivity index (χ1v) is 10.7. The van der Waals surface area contributed by atoms with Gasteiger partial charge in [0.05, 0.1) is 15.8 Å². The maximum absolute atomic E-state index is 12.4. The van der Waals surface area contributed by atoms with Crippen LogP contribution in [-0.2, 0) is 0 Å². The maximum Gasteiger partial charge on any atom is 0.272 e. The highest BCUT2D eigenvalue weighted by Crippen LogP contribution is 2.27. The molecule has 0 radical (unpaired) electrons. The van der Waals surface area contributed by atoms with Gasteiger partial charge in [-0.3, -0.25) is 9.59 Å². The standard InChI is InChI=1S/C21H20N4O2S2/c1-25(2)8-9-28-19-7-6-16(29-19)12-18-21(27)23-17(20(26)24-18)11-14-4-3-5-15(10-14)13-22/h3-7,10-12H,8-9H2,1-2H3,(H,23,27)(H,24,26). The highest BCUT2D eigenvalue weighted by Gasteiger charge is 2.02. The van der Waals surface area contributed by atoms with E-state index in [1.807, 2.05) is 32.3 Å². The van der Waals surface area contributed by atoms with E-state index in [9.17, 15) is 9.59 Å². The minimum atomic E-state index is -0.393. The molecule has 3 aromatic rings. The molecule has 8 heteroatoms.